The number of aliphatic hydroxyl groups excluding tert-OH is 1. The van der Waals surface area contributed by atoms with Crippen LogP contribution in [0.2, 0.25) is 0 Å². The summed E-state index contributed by atoms with van der Waals surface area (Å²) >= 11 is 0. The lowest BCUT2D eigenvalue weighted by molar-refractivity contribution is -0.215. The van der Waals surface area contributed by atoms with E-state index in [0.29, 0.717) is 24.0 Å². The van der Waals surface area contributed by atoms with E-state index in [9.17, 15) is 24.3 Å². The van der Waals surface area contributed by atoms with Gasteiger partial charge in [0.15, 0.2) is 11.9 Å². The minimum absolute atomic E-state index is 0.103. The van der Waals surface area contributed by atoms with Crippen molar-refractivity contribution in [1.29, 1.82) is 0 Å². The Morgan fingerprint density at radius 3 is 2.35 bits per heavy atom. The molecule has 4 aliphatic rings. The van der Waals surface area contributed by atoms with Gasteiger partial charge in [-0.1, -0.05) is 20.8 Å². The normalized spacial score (nSPS) is 38.0. The van der Waals surface area contributed by atoms with Crippen LogP contribution in [-0.4, -0.2) is 70.4 Å². The van der Waals surface area contributed by atoms with E-state index in [1.807, 2.05) is 20.8 Å². The third-order valence-electron chi connectivity index (χ3n) is 9.74. The molecule has 2 heterocycles. The average molecular weight is 556 g/mol. The lowest BCUT2D eigenvalue weighted by Crippen LogP contribution is -2.68. The highest BCUT2D eigenvalue weighted by Crippen LogP contribution is 2.64. The number of hydrogen-bond acceptors (Lipinski definition) is 10. The molecule has 8 atom stereocenters. The average Bonchev–Trinajstić information content (AvgIpc) is 3.67. The van der Waals surface area contributed by atoms with E-state index in [1.165, 1.54) is 26.2 Å². The van der Waals surface area contributed by atoms with Crippen LogP contribution in [-0.2, 0) is 33.3 Å². The fourth-order valence-electron chi connectivity index (χ4n) is 7.82. The summed E-state index contributed by atoms with van der Waals surface area (Å²) in [6, 6.07) is 3.19. The van der Waals surface area contributed by atoms with E-state index in [4.69, 9.17) is 18.9 Å². The quantitative estimate of drug-likeness (QED) is 0.335. The second-order valence-electron chi connectivity index (χ2n) is 12.4. The predicted molar refractivity (Wildman–Crippen MR) is 140 cm³/mol. The van der Waals surface area contributed by atoms with Gasteiger partial charge < -0.3 is 24.1 Å². The largest absolute Gasteiger partial charge is 0.462 e. The zero-order valence-corrected chi connectivity index (χ0v) is 23.8. The van der Waals surface area contributed by atoms with Crippen molar-refractivity contribution >= 4 is 23.7 Å². The van der Waals surface area contributed by atoms with E-state index in [0.717, 1.165) is 0 Å². The smallest absolute Gasteiger partial charge is 0.340 e. The first-order valence-electron chi connectivity index (χ1n) is 13.8. The molecule has 10 heteroatoms. The SMILES string of the molecule is CC(=O)O[C@@H]1[C@@H]2CC(=O)C(C)=C([C@@H](OC(C)=O)[C@H](OC(=O)c3cccnc3)[C@@]3(C)CC[C@@H](O)[C@@]4(CO4)[C@@H]13)C2(C)C. The Kier molecular flexibility index (Phi) is 6.94. The van der Waals surface area contributed by atoms with Crippen molar-refractivity contribution in [3.63, 3.8) is 0 Å². The summed E-state index contributed by atoms with van der Waals surface area (Å²) in [5.74, 6) is -3.15. The molecule has 0 radical (unpaired) electrons. The van der Waals surface area contributed by atoms with Gasteiger partial charge in [0.1, 0.15) is 17.8 Å². The van der Waals surface area contributed by atoms with Crippen molar-refractivity contribution in [3.05, 3.63) is 41.2 Å². The molecule has 1 saturated heterocycles. The van der Waals surface area contributed by atoms with Crippen LogP contribution in [0.1, 0.15) is 71.2 Å². The van der Waals surface area contributed by atoms with E-state index in [-0.39, 0.29) is 24.4 Å². The maximum atomic E-state index is 13.6. The summed E-state index contributed by atoms with van der Waals surface area (Å²) in [6.45, 7) is 10.3. The molecule has 40 heavy (non-hydrogen) atoms. The summed E-state index contributed by atoms with van der Waals surface area (Å²) in [5, 5.41) is 11.2. The minimum atomic E-state index is -1.10. The summed E-state index contributed by atoms with van der Waals surface area (Å²) in [6.07, 6.45) is -0.186. The number of hydrogen-bond donors (Lipinski definition) is 1. The molecule has 1 aliphatic heterocycles. The first-order chi connectivity index (χ1) is 18.7. The van der Waals surface area contributed by atoms with E-state index in [2.05, 4.69) is 4.98 Å². The van der Waals surface area contributed by atoms with E-state index >= 15 is 0 Å². The number of aromatic nitrogens is 1. The zero-order chi connectivity index (χ0) is 29.2. The van der Waals surface area contributed by atoms with Crippen LogP contribution in [0.3, 0.4) is 0 Å². The Labute approximate surface area is 233 Å². The van der Waals surface area contributed by atoms with Gasteiger partial charge in [-0.2, -0.15) is 0 Å². The number of allylic oxidation sites excluding steroid dienone is 1. The van der Waals surface area contributed by atoms with Crippen molar-refractivity contribution in [2.75, 3.05) is 6.61 Å². The fourth-order valence-corrected chi connectivity index (χ4v) is 7.82. The summed E-state index contributed by atoms with van der Waals surface area (Å²) < 4.78 is 24.4. The van der Waals surface area contributed by atoms with E-state index < -0.39 is 70.6 Å². The molecular formula is C30H37NO9. The van der Waals surface area contributed by atoms with Crippen LogP contribution in [0.15, 0.2) is 35.7 Å². The highest BCUT2D eigenvalue weighted by atomic mass is 16.6. The standard InChI is InChI=1S/C30H37NO9/c1-15-20(34)12-19-23(38-16(2)32)25-29(6,10-9-21(35)30(25)14-37-30)26(40-27(36)18-8-7-11-31-13-18)24(39-17(3)33)22(15)28(19,4)5/h7-8,11,13,19,21,23-26,35H,9-10,12,14H2,1-6H3/t19-,21+,23+,24+,25-,26-,29-,30-/m0/s1. The van der Waals surface area contributed by atoms with Crippen molar-refractivity contribution in [1.82, 2.24) is 4.98 Å². The summed E-state index contributed by atoms with van der Waals surface area (Å²) in [7, 11) is 0. The van der Waals surface area contributed by atoms with Crippen LogP contribution in [0.25, 0.3) is 0 Å². The number of carbonyl (C=O) groups excluding carboxylic acids is 4. The van der Waals surface area contributed by atoms with Crippen molar-refractivity contribution in [2.24, 2.45) is 22.7 Å². The number of ether oxygens (including phenoxy) is 4. The predicted octanol–water partition coefficient (Wildman–Crippen LogP) is 2.96. The van der Waals surface area contributed by atoms with Gasteiger partial charge in [-0.15, -0.1) is 0 Å². The first kappa shape index (κ1) is 28.4. The number of pyridine rings is 1. The number of rotatable bonds is 4. The van der Waals surface area contributed by atoms with Gasteiger partial charge in [-0.3, -0.25) is 19.4 Å². The van der Waals surface area contributed by atoms with Gasteiger partial charge in [0.25, 0.3) is 0 Å². The Balaban J connectivity index is 1.79. The fraction of sp³-hybridized carbons (Fsp3) is 0.633. The maximum Gasteiger partial charge on any atom is 0.340 e. The number of carbonyl (C=O) groups is 4. The van der Waals surface area contributed by atoms with Gasteiger partial charge >= 0.3 is 17.9 Å². The van der Waals surface area contributed by atoms with Crippen LogP contribution >= 0.6 is 0 Å². The molecule has 3 aliphatic carbocycles. The Morgan fingerprint density at radius 1 is 1.10 bits per heavy atom. The van der Waals surface area contributed by atoms with Gasteiger partial charge in [-0.25, -0.2) is 4.79 Å². The molecule has 216 valence electrons. The van der Waals surface area contributed by atoms with Crippen molar-refractivity contribution in [2.45, 2.75) is 90.8 Å². The molecule has 10 nitrogen and oxygen atoms in total. The number of nitrogens with zero attached hydrogens (tertiary/aromatic N) is 1. The lowest BCUT2D eigenvalue weighted by Gasteiger charge is -2.60. The molecule has 0 unspecified atom stereocenters. The maximum absolute atomic E-state index is 13.6. The number of aliphatic hydroxyl groups is 1. The molecule has 2 saturated carbocycles. The van der Waals surface area contributed by atoms with Crippen LogP contribution in [0.5, 0.6) is 0 Å². The number of epoxide rings is 1. The van der Waals surface area contributed by atoms with Crippen molar-refractivity contribution in [3.8, 4) is 0 Å². The number of Topliss-reactive ketones (excluding diaryl/α,β-unsaturated/α-hetero) is 1. The lowest BCUT2D eigenvalue weighted by atomic mass is 9.48. The number of ketones is 1. The van der Waals surface area contributed by atoms with Crippen molar-refractivity contribution < 1.29 is 43.2 Å². The molecule has 1 N–H and O–H groups in total. The first-order valence-corrected chi connectivity index (χ1v) is 13.8. The number of fused-ring (bicyclic) bond motifs is 4. The van der Waals surface area contributed by atoms with Gasteiger partial charge in [-0.05, 0) is 48.5 Å². The topological polar surface area (TPSA) is 142 Å². The Bertz CT molecular complexity index is 1270. The molecule has 1 aromatic rings. The van der Waals surface area contributed by atoms with Crippen LogP contribution < -0.4 is 0 Å². The number of esters is 3. The molecule has 2 bridgehead atoms. The second kappa shape index (κ2) is 9.76. The highest BCUT2D eigenvalue weighted by Gasteiger charge is 2.73. The van der Waals surface area contributed by atoms with Gasteiger partial charge in [0.05, 0.1) is 18.3 Å². The Hall–Kier alpha value is -3.11. The molecule has 5 rings (SSSR count). The molecule has 0 amide bonds. The van der Waals surface area contributed by atoms with Crippen LogP contribution in [0, 0.1) is 22.7 Å². The second-order valence-corrected chi connectivity index (χ2v) is 12.4. The molecule has 1 aromatic heterocycles. The van der Waals surface area contributed by atoms with E-state index in [1.54, 1.807) is 19.1 Å². The third kappa shape index (κ3) is 4.36. The molecule has 1 spiro atoms. The molecular weight excluding hydrogens is 518 g/mol. The summed E-state index contributed by atoms with van der Waals surface area (Å²) in [4.78, 5) is 56.4. The monoisotopic (exact) mass is 555 g/mol. The molecule has 0 aromatic carbocycles. The van der Waals surface area contributed by atoms with Gasteiger partial charge in [0, 0.05) is 49.9 Å². The summed E-state index contributed by atoms with van der Waals surface area (Å²) in [5.41, 5.74) is -1.70. The highest BCUT2D eigenvalue weighted by molar-refractivity contribution is 5.97. The molecule has 3 fully saturated rings. The minimum Gasteiger partial charge on any atom is -0.462 e. The Morgan fingerprint density at radius 2 is 1.77 bits per heavy atom. The van der Waals surface area contributed by atoms with Gasteiger partial charge in [0.2, 0.25) is 0 Å². The van der Waals surface area contributed by atoms with Crippen LogP contribution in [0.4, 0.5) is 0 Å². The zero-order valence-electron chi connectivity index (χ0n) is 23.8. The third-order valence-corrected chi connectivity index (χ3v) is 9.74.